The first-order chi connectivity index (χ1) is 6.43. The molecule has 0 bridgehead atoms. The molecular weight excluding hydrogens is 164 g/mol. The fraction of sp³-hybridized carbons (Fsp3) is 0.909. The first-order valence-corrected chi connectivity index (χ1v) is 5.48. The van der Waals surface area contributed by atoms with Crippen molar-refractivity contribution in [3.05, 3.63) is 6.42 Å². The zero-order valence-corrected chi connectivity index (χ0v) is 8.63. The largest absolute Gasteiger partial charge is 0.350 e. The third-order valence-corrected chi connectivity index (χ3v) is 2.33. The van der Waals surface area contributed by atoms with Gasteiger partial charge in [-0.2, -0.15) is 0 Å². The Morgan fingerprint density at radius 1 is 1.15 bits per heavy atom. The van der Waals surface area contributed by atoms with Crippen LogP contribution in [0.1, 0.15) is 45.4 Å². The van der Waals surface area contributed by atoms with Crippen molar-refractivity contribution in [3.63, 3.8) is 0 Å². The predicted octanol–water partition coefficient (Wildman–Crippen LogP) is 2.92. The fourth-order valence-electron chi connectivity index (χ4n) is 1.55. The summed E-state index contributed by atoms with van der Waals surface area (Å²) in [4.78, 5) is 0. The molecule has 0 aromatic rings. The van der Waals surface area contributed by atoms with E-state index in [1.165, 1.54) is 32.1 Å². The molecule has 1 rings (SSSR count). The molecule has 1 aliphatic rings. The molecule has 0 unspecified atom stereocenters. The molecule has 0 spiro atoms. The zero-order valence-electron chi connectivity index (χ0n) is 8.63. The molecule has 1 fully saturated rings. The molecule has 77 valence electrons. The van der Waals surface area contributed by atoms with Crippen molar-refractivity contribution < 1.29 is 9.47 Å². The molecule has 0 N–H and O–H groups in total. The summed E-state index contributed by atoms with van der Waals surface area (Å²) in [6.45, 7) is 3.77. The summed E-state index contributed by atoms with van der Waals surface area (Å²) < 4.78 is 10.7. The summed E-state index contributed by atoms with van der Waals surface area (Å²) in [6.07, 6.45) is 9.87. The number of ether oxygens (including phenoxy) is 2. The maximum absolute atomic E-state index is 5.35. The Bertz CT molecular complexity index is 109. The van der Waals surface area contributed by atoms with Gasteiger partial charge in [-0.25, -0.2) is 0 Å². The summed E-state index contributed by atoms with van der Waals surface area (Å²) in [7, 11) is 0. The Balaban J connectivity index is 1.78. The van der Waals surface area contributed by atoms with Crippen LogP contribution in [0.4, 0.5) is 0 Å². The van der Waals surface area contributed by atoms with Crippen LogP contribution in [0.2, 0.25) is 0 Å². The summed E-state index contributed by atoms with van der Waals surface area (Å²) >= 11 is 0. The van der Waals surface area contributed by atoms with Gasteiger partial charge in [0.2, 0.25) is 0 Å². The summed E-state index contributed by atoms with van der Waals surface area (Å²) in [5.74, 6) is 0. The second-order valence-electron chi connectivity index (χ2n) is 3.51. The van der Waals surface area contributed by atoms with E-state index in [1.807, 2.05) is 0 Å². The van der Waals surface area contributed by atoms with Crippen molar-refractivity contribution in [1.29, 1.82) is 0 Å². The minimum Gasteiger partial charge on any atom is -0.350 e. The lowest BCUT2D eigenvalue weighted by Crippen LogP contribution is -2.06. The second-order valence-corrected chi connectivity index (χ2v) is 3.51. The van der Waals surface area contributed by atoms with Gasteiger partial charge < -0.3 is 9.47 Å². The first-order valence-electron chi connectivity index (χ1n) is 5.48. The highest BCUT2D eigenvalue weighted by atomic mass is 16.7. The van der Waals surface area contributed by atoms with Crippen LogP contribution in [0, 0.1) is 6.42 Å². The van der Waals surface area contributed by atoms with E-state index in [0.29, 0.717) is 0 Å². The Morgan fingerprint density at radius 3 is 2.62 bits per heavy atom. The molecule has 1 saturated heterocycles. The lowest BCUT2D eigenvalue weighted by molar-refractivity contribution is -0.0479. The fourth-order valence-corrected chi connectivity index (χ4v) is 1.55. The van der Waals surface area contributed by atoms with E-state index in [9.17, 15) is 0 Å². The van der Waals surface area contributed by atoms with Crippen LogP contribution in [-0.4, -0.2) is 19.5 Å². The van der Waals surface area contributed by atoms with Gasteiger partial charge in [-0.3, -0.25) is 0 Å². The lowest BCUT2D eigenvalue weighted by Gasteiger charge is -2.07. The van der Waals surface area contributed by atoms with Gasteiger partial charge in [-0.05, 0) is 19.3 Å². The van der Waals surface area contributed by atoms with Crippen molar-refractivity contribution in [3.8, 4) is 0 Å². The number of unbranched alkanes of at least 4 members (excludes halogenated alkanes) is 5. The number of hydrogen-bond acceptors (Lipinski definition) is 2. The second kappa shape index (κ2) is 7.34. The van der Waals surface area contributed by atoms with Crippen LogP contribution >= 0.6 is 0 Å². The van der Waals surface area contributed by atoms with Crippen molar-refractivity contribution >= 4 is 0 Å². The highest BCUT2D eigenvalue weighted by molar-refractivity contribution is 4.61. The third kappa shape index (κ3) is 5.27. The summed E-state index contributed by atoms with van der Waals surface area (Å²) in [5.41, 5.74) is 0. The van der Waals surface area contributed by atoms with E-state index in [1.54, 1.807) is 0 Å². The molecule has 0 aromatic heterocycles. The molecule has 0 aromatic carbocycles. The molecule has 1 heterocycles. The minimum atomic E-state index is 0.107. The van der Waals surface area contributed by atoms with E-state index < -0.39 is 0 Å². The van der Waals surface area contributed by atoms with Crippen molar-refractivity contribution in [2.75, 3.05) is 13.2 Å². The molecule has 0 aliphatic carbocycles. The molecule has 1 aliphatic heterocycles. The summed E-state index contributed by atoms with van der Waals surface area (Å²) in [6, 6.07) is 0. The third-order valence-electron chi connectivity index (χ3n) is 2.33. The van der Waals surface area contributed by atoms with E-state index >= 15 is 0 Å². The van der Waals surface area contributed by atoms with Gasteiger partial charge in [0, 0.05) is 0 Å². The lowest BCUT2D eigenvalue weighted by atomic mass is 10.1. The van der Waals surface area contributed by atoms with Crippen molar-refractivity contribution in [2.24, 2.45) is 0 Å². The zero-order chi connectivity index (χ0) is 9.36. The first kappa shape index (κ1) is 11.0. The summed E-state index contributed by atoms with van der Waals surface area (Å²) in [5, 5.41) is 0. The Morgan fingerprint density at radius 2 is 1.92 bits per heavy atom. The van der Waals surface area contributed by atoms with E-state index in [2.05, 4.69) is 13.3 Å². The maximum Gasteiger partial charge on any atom is 0.157 e. The average Bonchev–Trinajstić information content (AvgIpc) is 2.63. The van der Waals surface area contributed by atoms with Gasteiger partial charge in [0.1, 0.15) is 0 Å². The highest BCUT2D eigenvalue weighted by Crippen LogP contribution is 2.13. The monoisotopic (exact) mass is 185 g/mol. The molecular formula is C11H21O2. The molecule has 13 heavy (non-hydrogen) atoms. The number of hydrogen-bond donors (Lipinski definition) is 0. The average molecular weight is 185 g/mol. The van der Waals surface area contributed by atoms with Gasteiger partial charge >= 0.3 is 0 Å². The van der Waals surface area contributed by atoms with Crippen molar-refractivity contribution in [2.45, 2.75) is 51.7 Å². The SMILES string of the molecule is CC[CH]CCCCCC1OCCO1. The highest BCUT2D eigenvalue weighted by Gasteiger charge is 2.14. The Kier molecular flexibility index (Phi) is 6.21. The topological polar surface area (TPSA) is 18.5 Å². The minimum absolute atomic E-state index is 0.107. The standard InChI is InChI=1S/C11H21O2/c1-2-3-4-5-6-7-8-11-12-9-10-13-11/h3,11H,2,4-10H2,1H3. The van der Waals surface area contributed by atoms with Crippen LogP contribution < -0.4 is 0 Å². The molecule has 2 nitrogen and oxygen atoms in total. The smallest absolute Gasteiger partial charge is 0.157 e. The molecule has 2 heteroatoms. The molecule has 0 saturated carbocycles. The van der Waals surface area contributed by atoms with Gasteiger partial charge in [0.15, 0.2) is 6.29 Å². The van der Waals surface area contributed by atoms with Crippen LogP contribution in [0.5, 0.6) is 0 Å². The van der Waals surface area contributed by atoms with E-state index in [-0.39, 0.29) is 6.29 Å². The van der Waals surface area contributed by atoms with Crippen molar-refractivity contribution in [1.82, 2.24) is 0 Å². The van der Waals surface area contributed by atoms with Crippen LogP contribution in [0.15, 0.2) is 0 Å². The Labute approximate surface area is 81.6 Å². The van der Waals surface area contributed by atoms with Crippen LogP contribution in [-0.2, 0) is 9.47 Å². The van der Waals surface area contributed by atoms with Crippen LogP contribution in [0.25, 0.3) is 0 Å². The van der Waals surface area contributed by atoms with E-state index in [0.717, 1.165) is 19.6 Å². The predicted molar refractivity (Wildman–Crippen MR) is 53.4 cm³/mol. The molecule has 0 amide bonds. The normalized spacial score (nSPS) is 18.2. The maximum atomic E-state index is 5.35. The van der Waals surface area contributed by atoms with Gasteiger partial charge in [-0.15, -0.1) is 0 Å². The van der Waals surface area contributed by atoms with Gasteiger partial charge in [-0.1, -0.05) is 32.6 Å². The molecule has 0 atom stereocenters. The van der Waals surface area contributed by atoms with Gasteiger partial charge in [0.25, 0.3) is 0 Å². The van der Waals surface area contributed by atoms with Gasteiger partial charge in [0.05, 0.1) is 13.2 Å². The molecule has 1 radical (unpaired) electrons. The number of rotatable bonds is 7. The van der Waals surface area contributed by atoms with E-state index in [4.69, 9.17) is 9.47 Å². The quantitative estimate of drug-likeness (QED) is 0.568. The Hall–Kier alpha value is -0.0800. The van der Waals surface area contributed by atoms with Crippen LogP contribution in [0.3, 0.4) is 0 Å².